The number of hydrogen-bond acceptors (Lipinski definition) is 4. The summed E-state index contributed by atoms with van der Waals surface area (Å²) in [5.41, 5.74) is 3.07. The lowest BCUT2D eigenvalue weighted by Crippen LogP contribution is -2.49. The van der Waals surface area contributed by atoms with Crippen molar-refractivity contribution in [3.63, 3.8) is 0 Å². The van der Waals surface area contributed by atoms with Crippen molar-refractivity contribution < 1.29 is 27.1 Å². The van der Waals surface area contributed by atoms with Gasteiger partial charge in [-0.25, -0.2) is 4.39 Å². The Hall–Kier alpha value is -2.68. The van der Waals surface area contributed by atoms with E-state index >= 15 is 4.39 Å². The van der Waals surface area contributed by atoms with Crippen LogP contribution < -0.4 is 10.2 Å². The van der Waals surface area contributed by atoms with Gasteiger partial charge in [0.05, 0.1) is 18.8 Å². The maximum absolute atomic E-state index is 15.7. The Balaban J connectivity index is 2.03. The summed E-state index contributed by atoms with van der Waals surface area (Å²) in [6, 6.07) is 6.79. The van der Waals surface area contributed by atoms with E-state index in [9.17, 15) is 18.0 Å². The molecule has 0 bridgehead atoms. The second kappa shape index (κ2) is 9.44. The van der Waals surface area contributed by atoms with Gasteiger partial charge in [-0.05, 0) is 43.2 Å². The molecule has 0 spiro atoms. The number of carbonyl (C=O) groups excluding carboxylic acids is 1. The van der Waals surface area contributed by atoms with Crippen LogP contribution in [0, 0.1) is 25.6 Å². The molecule has 9 heteroatoms. The fourth-order valence-corrected chi connectivity index (χ4v) is 3.73. The van der Waals surface area contributed by atoms with Crippen molar-refractivity contribution in [2.45, 2.75) is 46.5 Å². The minimum atomic E-state index is -4.53. The first kappa shape index (κ1) is 24.0. The molecule has 1 aliphatic rings. The molecule has 1 aliphatic heterocycles. The standard InChI is InChI=1S/C23H27F4N3O2/c1-13(2)22(31)28-11-18-17(16-9-14(3)29-15(4)10-16)5-6-19(21(18)24)30-7-8-32-20(12-30)23(25,26)27/h5-6,9-10,13,20H,7-8,11-12H2,1-4H3,(H,28,31)/t20-/m0/s1. The summed E-state index contributed by atoms with van der Waals surface area (Å²) in [5.74, 6) is -1.19. The van der Waals surface area contributed by atoms with Crippen LogP contribution >= 0.6 is 0 Å². The molecule has 1 aromatic heterocycles. The van der Waals surface area contributed by atoms with Gasteiger partial charge < -0.3 is 15.0 Å². The zero-order valence-electron chi connectivity index (χ0n) is 18.5. The van der Waals surface area contributed by atoms with Crippen LogP contribution in [-0.2, 0) is 16.1 Å². The Kier molecular flexibility index (Phi) is 7.07. The highest BCUT2D eigenvalue weighted by Gasteiger charge is 2.43. The molecule has 2 heterocycles. The number of hydrogen-bond donors (Lipinski definition) is 1. The van der Waals surface area contributed by atoms with Gasteiger partial charge in [-0.15, -0.1) is 0 Å². The van der Waals surface area contributed by atoms with Crippen LogP contribution in [0.25, 0.3) is 11.1 Å². The smallest absolute Gasteiger partial charge is 0.365 e. The Morgan fingerprint density at radius 1 is 1.25 bits per heavy atom. The SMILES string of the molecule is Cc1cc(-c2ccc(N3CCO[C@H](C(F)(F)F)C3)c(F)c2CNC(=O)C(C)C)cc(C)n1. The van der Waals surface area contributed by atoms with Gasteiger partial charge in [0.25, 0.3) is 0 Å². The van der Waals surface area contributed by atoms with Crippen molar-refractivity contribution in [2.75, 3.05) is 24.6 Å². The third kappa shape index (κ3) is 5.38. The number of nitrogens with zero attached hydrogens (tertiary/aromatic N) is 2. The fourth-order valence-electron chi connectivity index (χ4n) is 3.73. The van der Waals surface area contributed by atoms with Gasteiger partial charge in [-0.3, -0.25) is 9.78 Å². The first-order chi connectivity index (χ1) is 15.0. The molecule has 0 aliphatic carbocycles. The maximum atomic E-state index is 15.7. The summed E-state index contributed by atoms with van der Waals surface area (Å²) in [6.45, 7) is 6.50. The van der Waals surface area contributed by atoms with Crippen molar-refractivity contribution in [3.8, 4) is 11.1 Å². The lowest BCUT2D eigenvalue weighted by atomic mass is 9.97. The second-order valence-electron chi connectivity index (χ2n) is 8.28. The summed E-state index contributed by atoms with van der Waals surface area (Å²) in [7, 11) is 0. The van der Waals surface area contributed by atoms with E-state index in [1.807, 2.05) is 26.0 Å². The van der Waals surface area contributed by atoms with E-state index in [0.717, 1.165) is 17.0 Å². The molecule has 0 saturated carbocycles. The molecule has 1 atom stereocenters. The van der Waals surface area contributed by atoms with Crippen molar-refractivity contribution in [2.24, 2.45) is 5.92 Å². The average Bonchev–Trinajstić information content (AvgIpc) is 2.71. The molecule has 0 unspecified atom stereocenters. The number of morpholine rings is 1. The molecular weight excluding hydrogens is 426 g/mol. The van der Waals surface area contributed by atoms with Gasteiger partial charge in [-0.1, -0.05) is 19.9 Å². The molecule has 174 valence electrons. The molecule has 1 saturated heterocycles. The molecule has 2 aromatic rings. The Labute approximate surface area is 184 Å². The van der Waals surface area contributed by atoms with Crippen molar-refractivity contribution >= 4 is 11.6 Å². The first-order valence-electron chi connectivity index (χ1n) is 10.5. The zero-order chi connectivity index (χ0) is 23.6. The molecule has 1 amide bonds. The van der Waals surface area contributed by atoms with Crippen LogP contribution in [0.15, 0.2) is 24.3 Å². The van der Waals surface area contributed by atoms with E-state index in [2.05, 4.69) is 10.3 Å². The summed E-state index contributed by atoms with van der Waals surface area (Å²) in [4.78, 5) is 17.8. The van der Waals surface area contributed by atoms with Gasteiger partial charge in [-0.2, -0.15) is 13.2 Å². The zero-order valence-corrected chi connectivity index (χ0v) is 18.5. The molecule has 1 fully saturated rings. The van der Waals surface area contributed by atoms with Crippen molar-refractivity contribution in [1.29, 1.82) is 0 Å². The maximum Gasteiger partial charge on any atom is 0.416 e. The topological polar surface area (TPSA) is 54.5 Å². The van der Waals surface area contributed by atoms with E-state index in [1.165, 1.54) is 11.0 Å². The van der Waals surface area contributed by atoms with Gasteiger partial charge in [0, 0.05) is 36.0 Å². The van der Waals surface area contributed by atoms with Crippen LogP contribution in [0.3, 0.4) is 0 Å². The predicted molar refractivity (Wildman–Crippen MR) is 114 cm³/mol. The van der Waals surface area contributed by atoms with Crippen LogP contribution in [0.5, 0.6) is 0 Å². The number of alkyl halides is 3. The van der Waals surface area contributed by atoms with Crippen LogP contribution in [0.1, 0.15) is 30.8 Å². The van der Waals surface area contributed by atoms with Crippen LogP contribution in [-0.4, -0.2) is 42.9 Å². The van der Waals surface area contributed by atoms with E-state index in [0.29, 0.717) is 5.56 Å². The second-order valence-corrected chi connectivity index (χ2v) is 8.28. The van der Waals surface area contributed by atoms with E-state index < -0.39 is 24.6 Å². The molecule has 1 N–H and O–H groups in total. The summed E-state index contributed by atoms with van der Waals surface area (Å²) >= 11 is 0. The van der Waals surface area contributed by atoms with Crippen molar-refractivity contribution in [3.05, 3.63) is 47.0 Å². The number of aromatic nitrogens is 1. The largest absolute Gasteiger partial charge is 0.416 e. The number of anilines is 1. The summed E-state index contributed by atoms with van der Waals surface area (Å²) < 4.78 is 60.1. The van der Waals surface area contributed by atoms with E-state index in [4.69, 9.17) is 4.74 Å². The number of carbonyl (C=O) groups is 1. The Morgan fingerprint density at radius 2 is 1.91 bits per heavy atom. The molecule has 3 rings (SSSR count). The van der Waals surface area contributed by atoms with Gasteiger partial charge in [0.2, 0.25) is 5.91 Å². The molecule has 5 nitrogen and oxygen atoms in total. The average molecular weight is 453 g/mol. The normalized spacial score (nSPS) is 17.0. The number of rotatable bonds is 5. The molecule has 32 heavy (non-hydrogen) atoms. The van der Waals surface area contributed by atoms with Crippen LogP contribution in [0.4, 0.5) is 23.2 Å². The van der Waals surface area contributed by atoms with E-state index in [-0.39, 0.29) is 42.8 Å². The Morgan fingerprint density at radius 3 is 2.50 bits per heavy atom. The number of pyridine rings is 1. The number of benzene rings is 1. The van der Waals surface area contributed by atoms with Gasteiger partial charge in [0.15, 0.2) is 11.9 Å². The lowest BCUT2D eigenvalue weighted by Gasteiger charge is -2.35. The summed E-state index contributed by atoms with van der Waals surface area (Å²) in [6.07, 6.45) is -6.51. The highest BCUT2D eigenvalue weighted by molar-refractivity contribution is 5.79. The predicted octanol–water partition coefficient (Wildman–Crippen LogP) is 4.54. The van der Waals surface area contributed by atoms with Gasteiger partial charge in [0.1, 0.15) is 0 Å². The number of nitrogens with one attached hydrogen (secondary N) is 1. The Bertz CT molecular complexity index is 972. The number of aryl methyl sites for hydroxylation is 2. The van der Waals surface area contributed by atoms with Gasteiger partial charge >= 0.3 is 6.18 Å². The lowest BCUT2D eigenvalue weighted by molar-refractivity contribution is -0.221. The highest BCUT2D eigenvalue weighted by atomic mass is 19.4. The third-order valence-electron chi connectivity index (χ3n) is 5.35. The van der Waals surface area contributed by atoms with E-state index in [1.54, 1.807) is 19.9 Å². The highest BCUT2D eigenvalue weighted by Crippen LogP contribution is 2.35. The molecule has 0 radical (unpaired) electrons. The quantitative estimate of drug-likeness (QED) is 0.676. The third-order valence-corrected chi connectivity index (χ3v) is 5.35. The first-order valence-corrected chi connectivity index (χ1v) is 10.5. The fraction of sp³-hybridized carbons (Fsp3) is 0.478. The minimum Gasteiger partial charge on any atom is -0.365 e. The number of amides is 1. The minimum absolute atomic E-state index is 0.0580. The molecular formula is C23H27F4N3O2. The monoisotopic (exact) mass is 453 g/mol. The summed E-state index contributed by atoms with van der Waals surface area (Å²) in [5, 5.41) is 2.72. The van der Waals surface area contributed by atoms with Crippen molar-refractivity contribution in [1.82, 2.24) is 10.3 Å². The van der Waals surface area contributed by atoms with Crippen LogP contribution in [0.2, 0.25) is 0 Å². The number of halogens is 4. The number of ether oxygens (including phenoxy) is 1. The molecule has 1 aromatic carbocycles.